The van der Waals surface area contributed by atoms with Crippen LogP contribution in [0.25, 0.3) is 0 Å². The summed E-state index contributed by atoms with van der Waals surface area (Å²) in [6.07, 6.45) is -2.77. The molecule has 8 heteroatoms. The highest BCUT2D eigenvalue weighted by molar-refractivity contribution is 5.67. The number of nitrogens with one attached hydrogen (secondary N) is 1. The topological polar surface area (TPSA) is 58.6 Å². The van der Waals surface area contributed by atoms with Crippen LogP contribution in [-0.2, 0) is 17.4 Å². The Kier molecular flexibility index (Phi) is 7.44. The number of carbonyl (C=O) groups is 1. The van der Waals surface area contributed by atoms with E-state index in [0.29, 0.717) is 12.0 Å². The Bertz CT molecular complexity index is 961. The third-order valence-corrected chi connectivity index (χ3v) is 6.11. The molecule has 1 aliphatic rings. The van der Waals surface area contributed by atoms with Crippen molar-refractivity contribution in [3.63, 3.8) is 0 Å². The molecular formula is C24H27F4NO3. The monoisotopic (exact) mass is 453 g/mol. The molecule has 1 aliphatic carbocycles. The minimum absolute atomic E-state index is 0.00945. The molecule has 1 fully saturated rings. The number of carboxylic acid groups (broad SMARTS) is 1. The molecule has 174 valence electrons. The van der Waals surface area contributed by atoms with Crippen molar-refractivity contribution in [2.45, 2.75) is 63.2 Å². The van der Waals surface area contributed by atoms with E-state index in [9.17, 15) is 22.4 Å². The Morgan fingerprint density at radius 3 is 2.62 bits per heavy atom. The highest BCUT2D eigenvalue weighted by atomic mass is 19.4. The maximum absolute atomic E-state index is 13.7. The van der Waals surface area contributed by atoms with Crippen LogP contribution in [0.3, 0.4) is 0 Å². The molecule has 2 aromatic rings. The molecule has 1 saturated carbocycles. The summed E-state index contributed by atoms with van der Waals surface area (Å²) in [5.74, 6) is -1.41. The van der Waals surface area contributed by atoms with E-state index in [-0.39, 0.29) is 42.2 Å². The van der Waals surface area contributed by atoms with Crippen molar-refractivity contribution in [3.8, 4) is 5.75 Å². The number of ether oxygens (including phenoxy) is 1. The second-order valence-electron chi connectivity index (χ2n) is 8.30. The zero-order valence-corrected chi connectivity index (χ0v) is 18.0. The minimum atomic E-state index is -4.53. The van der Waals surface area contributed by atoms with Crippen LogP contribution in [0.5, 0.6) is 5.75 Å². The van der Waals surface area contributed by atoms with Gasteiger partial charge in [0.05, 0.1) is 12.7 Å². The van der Waals surface area contributed by atoms with Crippen LogP contribution in [0.2, 0.25) is 0 Å². The maximum atomic E-state index is 13.7. The summed E-state index contributed by atoms with van der Waals surface area (Å²) in [7, 11) is 1.41. The first-order chi connectivity index (χ1) is 15.1. The summed E-state index contributed by atoms with van der Waals surface area (Å²) >= 11 is 0. The molecule has 4 nitrogen and oxygen atoms in total. The van der Waals surface area contributed by atoms with Crippen LogP contribution in [-0.4, -0.2) is 24.2 Å². The van der Waals surface area contributed by atoms with E-state index >= 15 is 0 Å². The number of methoxy groups -OCH3 is 1. The fraction of sp³-hybridized carbons (Fsp3) is 0.458. The van der Waals surface area contributed by atoms with Crippen LogP contribution in [0.1, 0.15) is 66.8 Å². The minimum Gasteiger partial charge on any atom is -0.494 e. The number of aryl methyl sites for hydroxylation is 1. The zero-order valence-electron chi connectivity index (χ0n) is 18.0. The predicted molar refractivity (Wildman–Crippen MR) is 112 cm³/mol. The molecule has 0 heterocycles. The van der Waals surface area contributed by atoms with Gasteiger partial charge in [-0.1, -0.05) is 18.2 Å². The largest absolute Gasteiger partial charge is 0.494 e. The number of benzene rings is 2. The third kappa shape index (κ3) is 5.79. The molecule has 0 unspecified atom stereocenters. The Balaban J connectivity index is 1.69. The molecule has 2 N–H and O–H groups in total. The number of hydrogen-bond donors (Lipinski definition) is 2. The zero-order chi connectivity index (χ0) is 23.5. The average Bonchev–Trinajstić information content (AvgIpc) is 3.20. The van der Waals surface area contributed by atoms with Crippen LogP contribution in [0.4, 0.5) is 17.6 Å². The van der Waals surface area contributed by atoms with Gasteiger partial charge in [0.1, 0.15) is 0 Å². The van der Waals surface area contributed by atoms with E-state index in [1.807, 2.05) is 6.92 Å². The molecular weight excluding hydrogens is 426 g/mol. The SMILES string of the molecule is COc1cc([C@@H](C)N[C@@H]2CC[C@@H](c3ccc(CCC(=O)O)c(C(F)(F)F)c3)C2)ccc1F. The normalized spacial score (nSPS) is 19.7. The Morgan fingerprint density at radius 2 is 1.97 bits per heavy atom. The molecule has 3 atom stereocenters. The lowest BCUT2D eigenvalue weighted by molar-refractivity contribution is -0.140. The van der Waals surface area contributed by atoms with Crippen LogP contribution in [0, 0.1) is 5.82 Å². The van der Waals surface area contributed by atoms with Gasteiger partial charge in [0.15, 0.2) is 11.6 Å². The van der Waals surface area contributed by atoms with Crippen LogP contribution < -0.4 is 10.1 Å². The summed E-state index contributed by atoms with van der Waals surface area (Å²) in [4.78, 5) is 10.8. The number of carboxylic acids is 1. The van der Waals surface area contributed by atoms with Gasteiger partial charge in [0.2, 0.25) is 0 Å². The second-order valence-corrected chi connectivity index (χ2v) is 8.30. The standard InChI is InChI=1S/C24H27F4NO3/c1-14(16-6-9-21(25)22(13-16)32-2)29-19-8-5-17(11-19)18-4-3-15(7-10-23(30)31)20(12-18)24(26,27)28/h3-4,6,9,12-14,17,19,29H,5,7-8,10-11H2,1-2H3,(H,30,31)/t14-,17-,19-/m1/s1. The van der Waals surface area contributed by atoms with E-state index in [1.54, 1.807) is 18.2 Å². The first-order valence-corrected chi connectivity index (χ1v) is 10.6. The van der Waals surface area contributed by atoms with E-state index in [4.69, 9.17) is 9.84 Å². The maximum Gasteiger partial charge on any atom is 0.416 e. The number of aliphatic carboxylic acids is 1. The van der Waals surface area contributed by atoms with Crippen molar-refractivity contribution in [1.29, 1.82) is 0 Å². The van der Waals surface area contributed by atoms with Crippen molar-refractivity contribution in [1.82, 2.24) is 5.32 Å². The highest BCUT2D eigenvalue weighted by Gasteiger charge is 2.35. The summed E-state index contributed by atoms with van der Waals surface area (Å²) in [5.41, 5.74) is 0.750. The van der Waals surface area contributed by atoms with Gasteiger partial charge in [-0.3, -0.25) is 4.79 Å². The number of halogens is 4. The number of rotatable bonds is 8. The van der Waals surface area contributed by atoms with Crippen molar-refractivity contribution in [2.75, 3.05) is 7.11 Å². The van der Waals surface area contributed by atoms with Crippen molar-refractivity contribution in [3.05, 3.63) is 64.5 Å². The fourth-order valence-corrected chi connectivity index (χ4v) is 4.40. The predicted octanol–water partition coefficient (Wildman–Crippen LogP) is 5.86. The van der Waals surface area contributed by atoms with E-state index in [0.717, 1.165) is 18.4 Å². The molecule has 2 aromatic carbocycles. The van der Waals surface area contributed by atoms with E-state index < -0.39 is 23.5 Å². The lowest BCUT2D eigenvalue weighted by Crippen LogP contribution is -2.29. The molecule has 0 spiro atoms. The molecule has 0 aromatic heterocycles. The molecule has 0 saturated heterocycles. The first kappa shape index (κ1) is 24.0. The van der Waals surface area contributed by atoms with Crippen molar-refractivity contribution >= 4 is 5.97 Å². The van der Waals surface area contributed by atoms with Gasteiger partial charge in [0, 0.05) is 18.5 Å². The Labute approximate surface area is 184 Å². The summed E-state index contributed by atoms with van der Waals surface area (Å²) in [6.45, 7) is 1.96. The fourth-order valence-electron chi connectivity index (χ4n) is 4.40. The van der Waals surface area contributed by atoms with E-state index in [1.165, 1.54) is 25.3 Å². The van der Waals surface area contributed by atoms with Gasteiger partial charge in [-0.05, 0) is 73.4 Å². The Hall–Kier alpha value is -2.61. The molecule has 0 aliphatic heterocycles. The summed E-state index contributed by atoms with van der Waals surface area (Å²) in [5, 5.41) is 12.3. The van der Waals surface area contributed by atoms with E-state index in [2.05, 4.69) is 5.32 Å². The second kappa shape index (κ2) is 9.90. The molecule has 0 radical (unpaired) electrons. The summed E-state index contributed by atoms with van der Waals surface area (Å²) < 4.78 is 59.4. The van der Waals surface area contributed by atoms with Gasteiger partial charge in [0.25, 0.3) is 0 Å². The molecule has 0 bridgehead atoms. The lowest BCUT2D eigenvalue weighted by atomic mass is 9.92. The third-order valence-electron chi connectivity index (χ3n) is 6.11. The molecule has 32 heavy (non-hydrogen) atoms. The average molecular weight is 453 g/mol. The van der Waals surface area contributed by atoms with Gasteiger partial charge >= 0.3 is 12.1 Å². The lowest BCUT2D eigenvalue weighted by Gasteiger charge is -2.21. The van der Waals surface area contributed by atoms with Crippen molar-refractivity contribution < 1.29 is 32.2 Å². The van der Waals surface area contributed by atoms with Gasteiger partial charge in [-0.2, -0.15) is 13.2 Å². The van der Waals surface area contributed by atoms with Gasteiger partial charge in [-0.25, -0.2) is 4.39 Å². The van der Waals surface area contributed by atoms with Gasteiger partial charge in [-0.15, -0.1) is 0 Å². The van der Waals surface area contributed by atoms with Crippen LogP contribution in [0.15, 0.2) is 36.4 Å². The highest BCUT2D eigenvalue weighted by Crippen LogP contribution is 2.40. The number of hydrogen-bond acceptors (Lipinski definition) is 3. The molecule has 3 rings (SSSR count). The smallest absolute Gasteiger partial charge is 0.416 e. The van der Waals surface area contributed by atoms with Gasteiger partial charge < -0.3 is 15.2 Å². The quantitative estimate of drug-likeness (QED) is 0.492. The molecule has 0 amide bonds. The Morgan fingerprint density at radius 1 is 1.22 bits per heavy atom. The number of alkyl halides is 3. The summed E-state index contributed by atoms with van der Waals surface area (Å²) in [6, 6.07) is 9.01. The first-order valence-electron chi connectivity index (χ1n) is 10.6. The van der Waals surface area contributed by atoms with Crippen molar-refractivity contribution in [2.24, 2.45) is 0 Å². The van der Waals surface area contributed by atoms with Crippen LogP contribution >= 0.6 is 0 Å².